The van der Waals surface area contributed by atoms with Crippen molar-refractivity contribution in [3.05, 3.63) is 35.1 Å². The molecule has 0 aliphatic rings. The fourth-order valence-electron chi connectivity index (χ4n) is 1.27. The van der Waals surface area contributed by atoms with Gasteiger partial charge in [0.25, 0.3) is 0 Å². The van der Waals surface area contributed by atoms with E-state index < -0.39 is 0 Å². The topological polar surface area (TPSA) is 68.6 Å². The molecule has 0 radical (unpaired) electrons. The highest BCUT2D eigenvalue weighted by atomic mass is 35.5. The van der Waals surface area contributed by atoms with Crippen molar-refractivity contribution in [3.8, 4) is 11.4 Å². The minimum atomic E-state index is 0.128. The van der Waals surface area contributed by atoms with E-state index in [1.807, 2.05) is 0 Å². The summed E-state index contributed by atoms with van der Waals surface area (Å²) in [7, 11) is 0. The SMILES string of the molecule is Cc1nc(Cl)c(C=O)c(-c2cnccn2)n1. The molecule has 0 bridgehead atoms. The van der Waals surface area contributed by atoms with Gasteiger partial charge in [-0.2, -0.15) is 0 Å². The first kappa shape index (κ1) is 10.6. The first-order chi connectivity index (χ1) is 7.72. The Bertz CT molecular complexity index is 530. The van der Waals surface area contributed by atoms with E-state index in [0.717, 1.165) is 0 Å². The van der Waals surface area contributed by atoms with Gasteiger partial charge in [0, 0.05) is 12.4 Å². The van der Waals surface area contributed by atoms with E-state index in [1.54, 1.807) is 13.1 Å². The number of halogens is 1. The molecule has 5 nitrogen and oxygen atoms in total. The summed E-state index contributed by atoms with van der Waals surface area (Å²) in [5.74, 6) is 0.483. The van der Waals surface area contributed by atoms with E-state index in [4.69, 9.17) is 11.6 Å². The van der Waals surface area contributed by atoms with Gasteiger partial charge >= 0.3 is 0 Å². The van der Waals surface area contributed by atoms with Crippen LogP contribution in [0.5, 0.6) is 0 Å². The molecule has 0 saturated carbocycles. The van der Waals surface area contributed by atoms with Gasteiger partial charge < -0.3 is 0 Å². The van der Waals surface area contributed by atoms with Gasteiger partial charge in [0.1, 0.15) is 22.4 Å². The van der Waals surface area contributed by atoms with E-state index in [9.17, 15) is 4.79 Å². The van der Waals surface area contributed by atoms with Gasteiger partial charge in [-0.3, -0.25) is 14.8 Å². The number of aromatic nitrogens is 4. The van der Waals surface area contributed by atoms with Crippen molar-refractivity contribution in [2.24, 2.45) is 0 Å². The third-order valence-electron chi connectivity index (χ3n) is 1.93. The number of aryl methyl sites for hydroxylation is 1. The van der Waals surface area contributed by atoms with Crippen molar-refractivity contribution in [1.82, 2.24) is 19.9 Å². The number of rotatable bonds is 2. The maximum Gasteiger partial charge on any atom is 0.155 e. The highest BCUT2D eigenvalue weighted by molar-refractivity contribution is 6.32. The van der Waals surface area contributed by atoms with Gasteiger partial charge in [-0.1, -0.05) is 11.6 Å². The van der Waals surface area contributed by atoms with E-state index in [0.29, 0.717) is 23.5 Å². The number of hydrogen-bond donors (Lipinski definition) is 0. The van der Waals surface area contributed by atoms with Crippen LogP contribution in [0.4, 0.5) is 0 Å². The van der Waals surface area contributed by atoms with Crippen LogP contribution in [0.1, 0.15) is 16.2 Å². The number of aldehydes is 1. The van der Waals surface area contributed by atoms with Crippen LogP contribution in [-0.4, -0.2) is 26.2 Å². The summed E-state index contributed by atoms with van der Waals surface area (Å²) in [4.78, 5) is 27.0. The van der Waals surface area contributed by atoms with Crippen molar-refractivity contribution in [2.75, 3.05) is 0 Å². The van der Waals surface area contributed by atoms with Crippen molar-refractivity contribution in [1.29, 1.82) is 0 Å². The zero-order chi connectivity index (χ0) is 11.5. The van der Waals surface area contributed by atoms with Crippen molar-refractivity contribution < 1.29 is 4.79 Å². The van der Waals surface area contributed by atoms with Crippen LogP contribution in [-0.2, 0) is 0 Å². The molecule has 2 rings (SSSR count). The quantitative estimate of drug-likeness (QED) is 0.584. The normalized spacial score (nSPS) is 10.1. The van der Waals surface area contributed by atoms with Crippen LogP contribution in [0.15, 0.2) is 18.6 Å². The number of carbonyl (C=O) groups is 1. The number of carbonyl (C=O) groups excluding carboxylic acids is 1. The lowest BCUT2D eigenvalue weighted by Crippen LogP contribution is -2.00. The molecule has 2 aromatic rings. The van der Waals surface area contributed by atoms with Crippen LogP contribution in [0.2, 0.25) is 5.15 Å². The molecule has 0 aliphatic heterocycles. The lowest BCUT2D eigenvalue weighted by Gasteiger charge is -2.04. The van der Waals surface area contributed by atoms with Crippen LogP contribution in [0.25, 0.3) is 11.4 Å². The Balaban J connectivity index is 2.69. The second-order valence-corrected chi connectivity index (χ2v) is 3.39. The van der Waals surface area contributed by atoms with Gasteiger partial charge in [0.05, 0.1) is 11.8 Å². The Morgan fingerprint density at radius 1 is 1.31 bits per heavy atom. The van der Waals surface area contributed by atoms with E-state index >= 15 is 0 Å². The maximum absolute atomic E-state index is 10.9. The third kappa shape index (κ3) is 1.90. The number of nitrogens with zero attached hydrogens (tertiary/aromatic N) is 4. The summed E-state index contributed by atoms with van der Waals surface area (Å²) in [6.07, 6.45) is 5.20. The van der Waals surface area contributed by atoms with Crippen LogP contribution in [0, 0.1) is 6.92 Å². The Morgan fingerprint density at radius 3 is 2.75 bits per heavy atom. The molecule has 6 heteroatoms. The summed E-state index contributed by atoms with van der Waals surface area (Å²) in [6, 6.07) is 0. The lowest BCUT2D eigenvalue weighted by atomic mass is 10.2. The molecule has 2 aromatic heterocycles. The highest BCUT2D eigenvalue weighted by Crippen LogP contribution is 2.22. The molecular formula is C10H7ClN4O. The fourth-order valence-corrected chi connectivity index (χ4v) is 1.52. The summed E-state index contributed by atoms with van der Waals surface area (Å²) in [5.41, 5.74) is 1.13. The monoisotopic (exact) mass is 234 g/mol. The Morgan fingerprint density at radius 2 is 2.12 bits per heavy atom. The number of hydrogen-bond acceptors (Lipinski definition) is 5. The van der Waals surface area contributed by atoms with E-state index in [-0.39, 0.29) is 10.7 Å². The molecule has 0 fully saturated rings. The standard InChI is InChI=1S/C10H7ClN4O/c1-6-14-9(7(5-16)10(11)15-6)8-4-12-2-3-13-8/h2-5H,1H3. The Kier molecular flexibility index (Phi) is 2.87. The molecule has 0 aliphatic carbocycles. The predicted octanol–water partition coefficient (Wildman–Crippen LogP) is 1.71. The van der Waals surface area contributed by atoms with Crippen LogP contribution < -0.4 is 0 Å². The lowest BCUT2D eigenvalue weighted by molar-refractivity contribution is 0.112. The van der Waals surface area contributed by atoms with E-state index in [1.165, 1.54) is 12.4 Å². The molecule has 0 saturated heterocycles. The average Bonchev–Trinajstić information content (AvgIpc) is 2.29. The van der Waals surface area contributed by atoms with Gasteiger partial charge in [0.15, 0.2) is 6.29 Å². The first-order valence-electron chi connectivity index (χ1n) is 4.48. The van der Waals surface area contributed by atoms with Gasteiger partial charge in [-0.15, -0.1) is 0 Å². The minimum Gasteiger partial charge on any atom is -0.298 e. The summed E-state index contributed by atoms with van der Waals surface area (Å²) in [6.45, 7) is 1.69. The van der Waals surface area contributed by atoms with Crippen LogP contribution in [0.3, 0.4) is 0 Å². The summed E-state index contributed by atoms with van der Waals surface area (Å²) >= 11 is 5.85. The molecule has 2 heterocycles. The third-order valence-corrected chi connectivity index (χ3v) is 2.22. The summed E-state index contributed by atoms with van der Waals surface area (Å²) in [5, 5.41) is 0.128. The average molecular weight is 235 g/mol. The molecule has 0 aromatic carbocycles. The van der Waals surface area contributed by atoms with E-state index in [2.05, 4.69) is 19.9 Å². The maximum atomic E-state index is 10.9. The zero-order valence-corrected chi connectivity index (χ0v) is 9.14. The molecule has 16 heavy (non-hydrogen) atoms. The van der Waals surface area contributed by atoms with Crippen molar-refractivity contribution >= 4 is 17.9 Å². The molecule has 0 unspecified atom stereocenters. The predicted molar refractivity (Wildman–Crippen MR) is 58.2 cm³/mol. The summed E-state index contributed by atoms with van der Waals surface area (Å²) < 4.78 is 0. The first-order valence-corrected chi connectivity index (χ1v) is 4.86. The Labute approximate surface area is 96.6 Å². The molecule has 0 atom stereocenters. The van der Waals surface area contributed by atoms with Gasteiger partial charge in [-0.05, 0) is 6.92 Å². The molecule has 0 spiro atoms. The second kappa shape index (κ2) is 4.32. The fraction of sp³-hybridized carbons (Fsp3) is 0.100. The van der Waals surface area contributed by atoms with Gasteiger partial charge in [0.2, 0.25) is 0 Å². The van der Waals surface area contributed by atoms with Gasteiger partial charge in [-0.25, -0.2) is 9.97 Å². The smallest absolute Gasteiger partial charge is 0.155 e. The highest BCUT2D eigenvalue weighted by Gasteiger charge is 2.13. The van der Waals surface area contributed by atoms with Crippen molar-refractivity contribution in [2.45, 2.75) is 6.92 Å². The molecule has 80 valence electrons. The molecule has 0 amide bonds. The zero-order valence-electron chi connectivity index (χ0n) is 8.38. The minimum absolute atomic E-state index is 0.128. The van der Waals surface area contributed by atoms with Crippen molar-refractivity contribution in [3.63, 3.8) is 0 Å². The molecule has 0 N–H and O–H groups in total. The second-order valence-electron chi connectivity index (χ2n) is 3.03. The Hall–Kier alpha value is -1.88. The molecular weight excluding hydrogens is 228 g/mol. The largest absolute Gasteiger partial charge is 0.298 e. The van der Waals surface area contributed by atoms with Crippen LogP contribution >= 0.6 is 11.6 Å².